The number of aliphatic hydroxyl groups is 1. The molecular formula is C25H26O2. The second-order valence-corrected chi connectivity index (χ2v) is 7.65. The van der Waals surface area contributed by atoms with E-state index in [1.54, 1.807) is 0 Å². The fourth-order valence-corrected chi connectivity index (χ4v) is 4.10. The molecule has 0 aromatic heterocycles. The van der Waals surface area contributed by atoms with Crippen molar-refractivity contribution in [2.24, 2.45) is 5.92 Å². The molecule has 0 spiro atoms. The van der Waals surface area contributed by atoms with Crippen molar-refractivity contribution in [1.29, 1.82) is 0 Å². The lowest BCUT2D eigenvalue weighted by Gasteiger charge is -2.17. The Morgan fingerprint density at radius 2 is 1.63 bits per heavy atom. The van der Waals surface area contributed by atoms with Gasteiger partial charge in [-0.3, -0.25) is 0 Å². The van der Waals surface area contributed by atoms with Gasteiger partial charge in [-0.05, 0) is 69.8 Å². The van der Waals surface area contributed by atoms with Gasteiger partial charge in [0.25, 0.3) is 0 Å². The summed E-state index contributed by atoms with van der Waals surface area (Å²) < 4.78 is 5.66. The molecule has 1 N–H and O–H groups in total. The predicted molar refractivity (Wildman–Crippen MR) is 111 cm³/mol. The zero-order valence-electron chi connectivity index (χ0n) is 16.0. The number of ether oxygens (including phenoxy) is 1. The van der Waals surface area contributed by atoms with Crippen LogP contribution in [0.25, 0.3) is 22.3 Å². The Morgan fingerprint density at radius 1 is 0.889 bits per heavy atom. The molecule has 3 aromatic rings. The van der Waals surface area contributed by atoms with E-state index in [9.17, 15) is 0 Å². The zero-order chi connectivity index (χ0) is 18.8. The molecule has 0 unspecified atom stereocenters. The summed E-state index contributed by atoms with van der Waals surface area (Å²) in [6.45, 7) is 4.86. The van der Waals surface area contributed by atoms with Gasteiger partial charge in [-0.15, -0.1) is 0 Å². The quantitative estimate of drug-likeness (QED) is 0.493. The standard InChI is InChI=1S/C25H26O2/c1-17(2)14-19-15-20(27-13-12-26)10-11-22(19)24-9-5-8-23-21-7-4-3-6-18(21)16-25(23)24/h3-11,15,17,26H,12-14,16H2,1-2H3. The van der Waals surface area contributed by atoms with E-state index in [1.165, 1.54) is 38.9 Å². The Morgan fingerprint density at radius 3 is 2.41 bits per heavy atom. The van der Waals surface area contributed by atoms with Crippen molar-refractivity contribution in [1.82, 2.24) is 0 Å². The van der Waals surface area contributed by atoms with E-state index in [-0.39, 0.29) is 6.61 Å². The Hall–Kier alpha value is -2.58. The first-order chi connectivity index (χ1) is 13.2. The molecule has 0 saturated carbocycles. The molecule has 0 saturated heterocycles. The summed E-state index contributed by atoms with van der Waals surface area (Å²) in [5.74, 6) is 1.39. The summed E-state index contributed by atoms with van der Waals surface area (Å²) >= 11 is 0. The molecular weight excluding hydrogens is 332 g/mol. The third-order valence-corrected chi connectivity index (χ3v) is 5.21. The molecule has 0 fully saturated rings. The van der Waals surface area contributed by atoms with Crippen LogP contribution in [0.2, 0.25) is 0 Å². The predicted octanol–water partition coefficient (Wildman–Crippen LogP) is 5.49. The van der Waals surface area contributed by atoms with E-state index in [0.29, 0.717) is 12.5 Å². The van der Waals surface area contributed by atoms with Crippen molar-refractivity contribution in [3.8, 4) is 28.0 Å². The topological polar surface area (TPSA) is 29.5 Å². The summed E-state index contributed by atoms with van der Waals surface area (Å²) in [6.07, 6.45) is 1.99. The largest absolute Gasteiger partial charge is 0.491 e. The monoisotopic (exact) mass is 358 g/mol. The number of aliphatic hydroxyl groups excluding tert-OH is 1. The van der Waals surface area contributed by atoms with Crippen molar-refractivity contribution < 1.29 is 9.84 Å². The van der Waals surface area contributed by atoms with Crippen LogP contribution in [0.5, 0.6) is 5.75 Å². The van der Waals surface area contributed by atoms with Crippen molar-refractivity contribution in [2.75, 3.05) is 13.2 Å². The number of benzene rings is 3. The van der Waals surface area contributed by atoms with Crippen LogP contribution in [-0.2, 0) is 12.8 Å². The van der Waals surface area contributed by atoms with E-state index in [0.717, 1.165) is 18.6 Å². The highest BCUT2D eigenvalue weighted by Gasteiger charge is 2.22. The molecule has 0 bridgehead atoms. The highest BCUT2D eigenvalue weighted by Crippen LogP contribution is 2.42. The van der Waals surface area contributed by atoms with Crippen molar-refractivity contribution in [3.63, 3.8) is 0 Å². The molecule has 2 nitrogen and oxygen atoms in total. The fraction of sp³-hybridized carbons (Fsp3) is 0.280. The van der Waals surface area contributed by atoms with Crippen LogP contribution in [0, 0.1) is 5.92 Å². The fourth-order valence-electron chi connectivity index (χ4n) is 4.10. The van der Waals surface area contributed by atoms with Gasteiger partial charge in [0.2, 0.25) is 0 Å². The molecule has 1 aliphatic rings. The maximum absolute atomic E-state index is 9.04. The van der Waals surface area contributed by atoms with Crippen LogP contribution in [0.4, 0.5) is 0 Å². The number of hydrogen-bond acceptors (Lipinski definition) is 2. The van der Waals surface area contributed by atoms with Gasteiger partial charge in [0.15, 0.2) is 0 Å². The van der Waals surface area contributed by atoms with E-state index < -0.39 is 0 Å². The van der Waals surface area contributed by atoms with Crippen LogP contribution in [-0.4, -0.2) is 18.3 Å². The molecule has 138 valence electrons. The highest BCUT2D eigenvalue weighted by atomic mass is 16.5. The van der Waals surface area contributed by atoms with Crippen molar-refractivity contribution in [3.05, 3.63) is 77.4 Å². The molecule has 0 radical (unpaired) electrons. The van der Waals surface area contributed by atoms with Crippen molar-refractivity contribution in [2.45, 2.75) is 26.7 Å². The molecule has 0 heterocycles. The van der Waals surface area contributed by atoms with Gasteiger partial charge in [0.1, 0.15) is 12.4 Å². The molecule has 27 heavy (non-hydrogen) atoms. The Balaban J connectivity index is 1.80. The van der Waals surface area contributed by atoms with Gasteiger partial charge < -0.3 is 9.84 Å². The lowest BCUT2D eigenvalue weighted by molar-refractivity contribution is 0.201. The normalized spacial score (nSPS) is 12.1. The minimum absolute atomic E-state index is 0.0334. The van der Waals surface area contributed by atoms with Gasteiger partial charge in [-0.1, -0.05) is 62.4 Å². The van der Waals surface area contributed by atoms with Crippen LogP contribution < -0.4 is 4.74 Å². The summed E-state index contributed by atoms with van der Waals surface area (Å²) in [5, 5.41) is 9.04. The maximum atomic E-state index is 9.04. The maximum Gasteiger partial charge on any atom is 0.119 e. The molecule has 4 rings (SSSR count). The first-order valence-electron chi connectivity index (χ1n) is 9.74. The molecule has 0 amide bonds. The Labute approximate surface area is 161 Å². The Kier molecular flexibility index (Phi) is 5.00. The zero-order valence-corrected chi connectivity index (χ0v) is 16.0. The number of hydrogen-bond donors (Lipinski definition) is 1. The third kappa shape index (κ3) is 3.50. The second kappa shape index (κ2) is 7.58. The van der Waals surface area contributed by atoms with Gasteiger partial charge in [0.05, 0.1) is 6.61 Å². The van der Waals surface area contributed by atoms with Crippen LogP contribution in [0.1, 0.15) is 30.5 Å². The number of rotatable bonds is 6. The molecule has 2 heteroatoms. The lowest BCUT2D eigenvalue weighted by atomic mass is 9.89. The van der Waals surface area contributed by atoms with Crippen molar-refractivity contribution >= 4 is 0 Å². The molecule has 3 aromatic carbocycles. The summed E-state index contributed by atoms with van der Waals surface area (Å²) in [5.41, 5.74) is 9.49. The minimum atomic E-state index is 0.0334. The van der Waals surface area contributed by atoms with Crippen LogP contribution >= 0.6 is 0 Å². The summed E-state index contributed by atoms with van der Waals surface area (Å²) in [4.78, 5) is 0. The molecule has 0 aliphatic heterocycles. The highest BCUT2D eigenvalue weighted by molar-refractivity contribution is 5.85. The average Bonchev–Trinajstić information content (AvgIpc) is 3.05. The lowest BCUT2D eigenvalue weighted by Crippen LogP contribution is -2.04. The second-order valence-electron chi connectivity index (χ2n) is 7.65. The number of fused-ring (bicyclic) bond motifs is 3. The van der Waals surface area contributed by atoms with E-state index in [4.69, 9.17) is 9.84 Å². The van der Waals surface area contributed by atoms with Gasteiger partial charge >= 0.3 is 0 Å². The van der Waals surface area contributed by atoms with E-state index in [2.05, 4.69) is 68.4 Å². The van der Waals surface area contributed by atoms with Gasteiger partial charge in [0, 0.05) is 0 Å². The van der Waals surface area contributed by atoms with E-state index in [1.807, 2.05) is 6.07 Å². The van der Waals surface area contributed by atoms with Crippen LogP contribution in [0.3, 0.4) is 0 Å². The smallest absolute Gasteiger partial charge is 0.119 e. The van der Waals surface area contributed by atoms with E-state index >= 15 is 0 Å². The van der Waals surface area contributed by atoms with Gasteiger partial charge in [-0.25, -0.2) is 0 Å². The van der Waals surface area contributed by atoms with Crippen LogP contribution in [0.15, 0.2) is 60.7 Å². The summed E-state index contributed by atoms with van der Waals surface area (Å²) in [7, 11) is 0. The first kappa shape index (κ1) is 17.8. The molecule has 0 atom stereocenters. The minimum Gasteiger partial charge on any atom is -0.491 e. The SMILES string of the molecule is CC(C)Cc1cc(OCCO)ccc1-c1cccc2c1Cc1ccccc1-2. The average molecular weight is 358 g/mol. The Bertz CT molecular complexity index is 956. The third-order valence-electron chi connectivity index (χ3n) is 5.21. The summed E-state index contributed by atoms with van der Waals surface area (Å²) in [6, 6.07) is 21.7. The first-order valence-corrected chi connectivity index (χ1v) is 9.74. The van der Waals surface area contributed by atoms with Gasteiger partial charge in [-0.2, -0.15) is 0 Å². The molecule has 1 aliphatic carbocycles.